The van der Waals surface area contributed by atoms with Crippen LogP contribution in [0.5, 0.6) is 0 Å². The van der Waals surface area contributed by atoms with Crippen molar-refractivity contribution in [2.75, 3.05) is 31.6 Å². The molecule has 0 saturated carbocycles. The number of aliphatic hydroxyl groups excluding tert-OH is 1. The summed E-state index contributed by atoms with van der Waals surface area (Å²) in [5.41, 5.74) is 1.77. The molecule has 0 aromatic heterocycles. The van der Waals surface area contributed by atoms with Crippen molar-refractivity contribution in [1.29, 1.82) is 0 Å². The molecule has 0 amide bonds. The maximum atomic E-state index is 11.4. The Labute approximate surface area is 134 Å². The van der Waals surface area contributed by atoms with Gasteiger partial charge >= 0.3 is 0 Å². The predicted octanol–water partition coefficient (Wildman–Crippen LogP) is 2.54. The Morgan fingerprint density at radius 3 is 2.36 bits per heavy atom. The zero-order chi connectivity index (χ0) is 16.7. The lowest BCUT2D eigenvalue weighted by atomic mass is 9.98. The highest BCUT2D eigenvalue weighted by Crippen LogP contribution is 2.17. The molecule has 2 atom stereocenters. The summed E-state index contributed by atoms with van der Waals surface area (Å²) < 4.78 is 0. The second kappa shape index (κ2) is 8.59. The molecule has 2 unspecified atom stereocenters. The number of benzene rings is 1. The van der Waals surface area contributed by atoms with Gasteiger partial charge in [-0.1, -0.05) is 31.7 Å². The van der Waals surface area contributed by atoms with Gasteiger partial charge in [-0.25, -0.2) is 0 Å². The van der Waals surface area contributed by atoms with E-state index in [1.165, 1.54) is 6.92 Å². The first-order valence-electron chi connectivity index (χ1n) is 7.76. The molecule has 0 spiro atoms. The highest BCUT2D eigenvalue weighted by Gasteiger charge is 2.24. The van der Waals surface area contributed by atoms with E-state index in [0.29, 0.717) is 5.70 Å². The minimum absolute atomic E-state index is 0.0221. The van der Waals surface area contributed by atoms with Gasteiger partial charge < -0.3 is 14.9 Å². The molecule has 0 aliphatic heterocycles. The van der Waals surface area contributed by atoms with Crippen molar-refractivity contribution in [1.82, 2.24) is 4.90 Å². The Morgan fingerprint density at radius 2 is 1.86 bits per heavy atom. The molecular formula is C18H28N2O2. The number of para-hydroxylation sites is 1. The number of rotatable bonds is 9. The van der Waals surface area contributed by atoms with Gasteiger partial charge in [0.25, 0.3) is 0 Å². The van der Waals surface area contributed by atoms with Crippen molar-refractivity contribution >= 4 is 11.5 Å². The van der Waals surface area contributed by atoms with Crippen LogP contribution in [-0.2, 0) is 4.79 Å². The summed E-state index contributed by atoms with van der Waals surface area (Å²) in [6, 6.07) is 10.2. The van der Waals surface area contributed by atoms with Gasteiger partial charge in [0, 0.05) is 44.0 Å². The third kappa shape index (κ3) is 4.88. The molecule has 1 N–H and O–H groups in total. The summed E-state index contributed by atoms with van der Waals surface area (Å²) in [6.45, 7) is 11.6. The molecular weight excluding hydrogens is 276 g/mol. The summed E-state index contributed by atoms with van der Waals surface area (Å²) in [6.07, 6.45) is -0.820. The van der Waals surface area contributed by atoms with Gasteiger partial charge in [-0.2, -0.15) is 0 Å². The largest absolute Gasteiger partial charge is 0.386 e. The third-order valence-electron chi connectivity index (χ3n) is 4.15. The molecule has 0 fully saturated rings. The van der Waals surface area contributed by atoms with Crippen LogP contribution < -0.4 is 4.90 Å². The van der Waals surface area contributed by atoms with E-state index < -0.39 is 12.0 Å². The number of Topliss-reactive ketones (excluding diaryl/α,β-unsaturated/α-hetero) is 1. The van der Waals surface area contributed by atoms with Crippen LogP contribution in [0.15, 0.2) is 42.6 Å². The molecule has 0 heterocycles. The van der Waals surface area contributed by atoms with E-state index in [9.17, 15) is 9.90 Å². The minimum atomic E-state index is -0.820. The number of nitrogens with zero attached hydrogens (tertiary/aromatic N) is 2. The summed E-state index contributed by atoms with van der Waals surface area (Å²) >= 11 is 0. The van der Waals surface area contributed by atoms with Crippen molar-refractivity contribution in [3.63, 3.8) is 0 Å². The van der Waals surface area contributed by atoms with Crippen LogP contribution in [0, 0.1) is 5.92 Å². The maximum absolute atomic E-state index is 11.4. The van der Waals surface area contributed by atoms with E-state index in [4.69, 9.17) is 0 Å². The zero-order valence-electron chi connectivity index (χ0n) is 14.1. The van der Waals surface area contributed by atoms with Crippen LogP contribution in [-0.4, -0.2) is 48.6 Å². The first-order valence-corrected chi connectivity index (χ1v) is 7.76. The molecule has 4 heteroatoms. The third-order valence-corrected chi connectivity index (χ3v) is 4.15. The lowest BCUT2D eigenvalue weighted by Crippen LogP contribution is -2.39. The second-order valence-corrected chi connectivity index (χ2v) is 5.67. The molecule has 1 aromatic rings. The minimum Gasteiger partial charge on any atom is -0.386 e. The lowest BCUT2D eigenvalue weighted by molar-refractivity contribution is -0.123. The van der Waals surface area contributed by atoms with E-state index in [0.717, 1.165) is 25.3 Å². The fourth-order valence-corrected chi connectivity index (χ4v) is 2.29. The number of carbonyl (C=O) groups excluding carboxylic acids is 1. The zero-order valence-corrected chi connectivity index (χ0v) is 14.1. The Balaban J connectivity index is 2.61. The number of anilines is 1. The average Bonchev–Trinajstić information content (AvgIpc) is 2.54. The normalized spacial score (nSPS) is 13.3. The van der Waals surface area contributed by atoms with Gasteiger partial charge in [-0.3, -0.25) is 4.79 Å². The number of hydrogen-bond donors (Lipinski definition) is 1. The highest BCUT2D eigenvalue weighted by atomic mass is 16.3. The maximum Gasteiger partial charge on any atom is 0.135 e. The van der Waals surface area contributed by atoms with E-state index in [2.05, 4.69) is 23.6 Å². The second-order valence-electron chi connectivity index (χ2n) is 5.67. The number of carbonyl (C=O) groups is 1. The van der Waals surface area contributed by atoms with Crippen LogP contribution in [0.4, 0.5) is 5.69 Å². The van der Waals surface area contributed by atoms with Gasteiger partial charge in [0.05, 0.1) is 0 Å². The van der Waals surface area contributed by atoms with Gasteiger partial charge in [0.2, 0.25) is 0 Å². The van der Waals surface area contributed by atoms with Gasteiger partial charge in [0.1, 0.15) is 11.9 Å². The number of hydrogen-bond acceptors (Lipinski definition) is 4. The van der Waals surface area contributed by atoms with Crippen molar-refractivity contribution in [3.8, 4) is 0 Å². The van der Waals surface area contributed by atoms with Gasteiger partial charge in [0.15, 0.2) is 0 Å². The van der Waals surface area contributed by atoms with Gasteiger partial charge in [-0.15, -0.1) is 0 Å². The summed E-state index contributed by atoms with van der Waals surface area (Å²) in [5.74, 6) is -0.445. The van der Waals surface area contributed by atoms with E-state index >= 15 is 0 Å². The molecule has 0 saturated heterocycles. The number of aliphatic hydroxyl groups is 1. The van der Waals surface area contributed by atoms with Crippen LogP contribution in [0.1, 0.15) is 20.8 Å². The van der Waals surface area contributed by atoms with Crippen LogP contribution in [0.25, 0.3) is 0 Å². The SMILES string of the molecule is C=C(C(O)C(C)C(C)=O)N(CC)CCN(C)c1ccccc1. The molecule has 1 rings (SSSR count). The summed E-state index contributed by atoms with van der Waals surface area (Å²) in [7, 11) is 2.04. The Morgan fingerprint density at radius 1 is 1.27 bits per heavy atom. The number of ketones is 1. The lowest BCUT2D eigenvalue weighted by Gasteiger charge is -2.32. The molecule has 4 nitrogen and oxygen atoms in total. The van der Waals surface area contributed by atoms with E-state index in [-0.39, 0.29) is 5.78 Å². The smallest absolute Gasteiger partial charge is 0.135 e. The van der Waals surface area contributed by atoms with Crippen LogP contribution in [0.2, 0.25) is 0 Å². The first kappa shape index (κ1) is 18.2. The molecule has 1 aromatic carbocycles. The molecule has 122 valence electrons. The average molecular weight is 304 g/mol. The molecule has 22 heavy (non-hydrogen) atoms. The van der Waals surface area contributed by atoms with Crippen molar-refractivity contribution in [2.45, 2.75) is 26.9 Å². The van der Waals surface area contributed by atoms with E-state index in [1.807, 2.05) is 37.1 Å². The molecule has 0 bridgehead atoms. The highest BCUT2D eigenvalue weighted by molar-refractivity contribution is 5.78. The van der Waals surface area contributed by atoms with Crippen LogP contribution >= 0.6 is 0 Å². The fourth-order valence-electron chi connectivity index (χ4n) is 2.29. The Bertz CT molecular complexity index is 487. The molecule has 0 aliphatic carbocycles. The topological polar surface area (TPSA) is 43.8 Å². The van der Waals surface area contributed by atoms with Crippen molar-refractivity contribution in [3.05, 3.63) is 42.6 Å². The first-order chi connectivity index (χ1) is 10.4. The molecule has 0 radical (unpaired) electrons. The Hall–Kier alpha value is -1.81. The van der Waals surface area contributed by atoms with Crippen molar-refractivity contribution < 1.29 is 9.90 Å². The summed E-state index contributed by atoms with van der Waals surface area (Å²) in [5, 5.41) is 10.3. The van der Waals surface area contributed by atoms with Crippen LogP contribution in [0.3, 0.4) is 0 Å². The summed E-state index contributed by atoms with van der Waals surface area (Å²) in [4.78, 5) is 15.6. The molecule has 0 aliphatic rings. The predicted molar refractivity (Wildman–Crippen MR) is 92.0 cm³/mol. The van der Waals surface area contributed by atoms with E-state index in [1.54, 1.807) is 6.92 Å². The number of likely N-dealkylation sites (N-methyl/N-ethyl adjacent to an activating group) is 2. The monoisotopic (exact) mass is 304 g/mol. The quantitative estimate of drug-likeness (QED) is 0.761. The Kier molecular flexibility index (Phi) is 7.12. The fraction of sp³-hybridized carbons (Fsp3) is 0.500. The van der Waals surface area contributed by atoms with Gasteiger partial charge in [-0.05, 0) is 26.0 Å². The van der Waals surface area contributed by atoms with Crippen molar-refractivity contribution in [2.24, 2.45) is 5.92 Å². The standard InChI is InChI=1S/C18H28N2O2/c1-6-20(15(3)18(22)14(2)16(4)21)13-12-19(5)17-10-8-7-9-11-17/h7-11,14,18,22H,3,6,12-13H2,1-2,4-5H3.